The fourth-order valence-electron chi connectivity index (χ4n) is 3.40. The summed E-state index contributed by atoms with van der Waals surface area (Å²) in [5, 5.41) is 24.0. The zero-order valence-electron chi connectivity index (χ0n) is 15.2. The molecule has 2 aromatic carbocycles. The van der Waals surface area contributed by atoms with E-state index < -0.39 is 11.8 Å². The number of fused-ring (bicyclic) bond motifs is 1. The van der Waals surface area contributed by atoms with Crippen LogP contribution in [-0.2, 0) is 6.61 Å². The van der Waals surface area contributed by atoms with Gasteiger partial charge in [-0.2, -0.15) is 0 Å². The zero-order valence-corrected chi connectivity index (χ0v) is 15.2. The van der Waals surface area contributed by atoms with Gasteiger partial charge in [-0.05, 0) is 29.7 Å². The van der Waals surface area contributed by atoms with E-state index in [0.717, 1.165) is 27.8 Å². The molecule has 1 aromatic heterocycles. The molecule has 1 fully saturated rings. The van der Waals surface area contributed by atoms with Crippen molar-refractivity contribution in [3.63, 3.8) is 0 Å². The first kappa shape index (κ1) is 18.5. The van der Waals surface area contributed by atoms with Crippen molar-refractivity contribution in [2.45, 2.75) is 38.7 Å². The van der Waals surface area contributed by atoms with Crippen molar-refractivity contribution in [3.05, 3.63) is 65.9 Å². The predicted molar refractivity (Wildman–Crippen MR) is 103 cm³/mol. The Morgan fingerprint density at radius 2 is 1.85 bits per heavy atom. The van der Waals surface area contributed by atoms with Crippen LogP contribution >= 0.6 is 0 Å². The van der Waals surface area contributed by atoms with E-state index >= 15 is 0 Å². The molecule has 2 heterocycles. The first-order chi connectivity index (χ1) is 12.6. The summed E-state index contributed by atoms with van der Waals surface area (Å²) < 4.78 is 6.03. The van der Waals surface area contributed by atoms with E-state index in [9.17, 15) is 10.2 Å². The summed E-state index contributed by atoms with van der Waals surface area (Å²) in [6, 6.07) is 15.8. The Kier molecular flexibility index (Phi) is 5.61. The monoisotopic (exact) mass is 354 g/mol. The largest absolute Gasteiger partial charge is 0.488 e. The van der Waals surface area contributed by atoms with E-state index in [1.807, 2.05) is 68.6 Å². The molecule has 138 valence electrons. The molecule has 1 unspecified atom stereocenters. The van der Waals surface area contributed by atoms with Crippen LogP contribution in [0, 0.1) is 0 Å². The summed E-state index contributed by atoms with van der Waals surface area (Å²) in [5.41, 5.74) is 2.88. The zero-order chi connectivity index (χ0) is 18.6. The molecule has 3 aromatic rings. The number of nitrogens with one attached hydrogen (secondary N) is 2. The summed E-state index contributed by atoms with van der Waals surface area (Å²) in [6.07, 6.45) is 2.51. The smallest absolute Gasteiger partial charge is 0.229 e. The van der Waals surface area contributed by atoms with Gasteiger partial charge >= 0.3 is 0 Å². The molecular weight excluding hydrogens is 328 g/mol. The average molecular weight is 354 g/mol. The second-order valence-corrected chi connectivity index (χ2v) is 6.19. The van der Waals surface area contributed by atoms with E-state index in [1.54, 1.807) is 0 Å². The minimum Gasteiger partial charge on any atom is -0.488 e. The van der Waals surface area contributed by atoms with Gasteiger partial charge in [0, 0.05) is 23.6 Å². The van der Waals surface area contributed by atoms with Gasteiger partial charge in [-0.3, -0.25) is 5.32 Å². The van der Waals surface area contributed by atoms with E-state index in [4.69, 9.17) is 4.74 Å². The van der Waals surface area contributed by atoms with Crippen LogP contribution in [0.3, 0.4) is 0 Å². The van der Waals surface area contributed by atoms with Crippen molar-refractivity contribution in [1.82, 2.24) is 10.3 Å². The quantitative estimate of drug-likeness (QED) is 0.541. The maximum Gasteiger partial charge on any atom is 0.229 e. The number of benzene rings is 2. The lowest BCUT2D eigenvalue weighted by Gasteiger charge is -2.23. The van der Waals surface area contributed by atoms with Crippen molar-refractivity contribution in [3.8, 4) is 5.75 Å². The first-order valence-electron chi connectivity index (χ1n) is 9.11. The van der Waals surface area contributed by atoms with Gasteiger partial charge in [-0.25, -0.2) is 0 Å². The maximum atomic E-state index is 10.2. The lowest BCUT2D eigenvalue weighted by molar-refractivity contribution is -0.183. The summed E-state index contributed by atoms with van der Waals surface area (Å²) in [6.45, 7) is 5.04. The lowest BCUT2D eigenvalue weighted by Crippen LogP contribution is -2.43. The molecule has 5 heteroatoms. The predicted octanol–water partition coefficient (Wildman–Crippen LogP) is 3.49. The third-order valence-electron chi connectivity index (χ3n) is 4.61. The standard InChI is InChI=1S/C19H20N2O3.C2H6/c22-19(23)15(9-10-21-19)14-11-20-16-7-4-8-17(18(14)16)24-12-13-5-2-1-3-6-13;1-2/h1-8,11,15,20-23H,9-10,12H2;1-2H3. The highest BCUT2D eigenvalue weighted by Crippen LogP contribution is 2.40. The van der Waals surface area contributed by atoms with Crippen molar-refractivity contribution in [2.75, 3.05) is 6.54 Å². The highest BCUT2D eigenvalue weighted by molar-refractivity contribution is 5.90. The van der Waals surface area contributed by atoms with E-state index in [0.29, 0.717) is 19.6 Å². The second kappa shape index (κ2) is 7.91. The van der Waals surface area contributed by atoms with Crippen LogP contribution in [0.25, 0.3) is 10.9 Å². The number of hydrogen-bond acceptors (Lipinski definition) is 4. The van der Waals surface area contributed by atoms with E-state index in [2.05, 4.69) is 10.3 Å². The summed E-state index contributed by atoms with van der Waals surface area (Å²) in [7, 11) is 0. The lowest BCUT2D eigenvalue weighted by atomic mass is 9.94. The number of aromatic amines is 1. The molecule has 0 aliphatic carbocycles. The van der Waals surface area contributed by atoms with Gasteiger partial charge in [-0.15, -0.1) is 0 Å². The maximum absolute atomic E-state index is 10.2. The van der Waals surface area contributed by atoms with E-state index in [-0.39, 0.29) is 0 Å². The van der Waals surface area contributed by atoms with Gasteiger partial charge in [0.05, 0.1) is 5.92 Å². The van der Waals surface area contributed by atoms with Crippen LogP contribution in [0.5, 0.6) is 5.75 Å². The Morgan fingerprint density at radius 1 is 1.08 bits per heavy atom. The first-order valence-corrected chi connectivity index (χ1v) is 9.11. The van der Waals surface area contributed by atoms with Crippen molar-refractivity contribution >= 4 is 10.9 Å². The van der Waals surface area contributed by atoms with Gasteiger partial charge in [0.25, 0.3) is 0 Å². The number of aromatic nitrogens is 1. The highest BCUT2D eigenvalue weighted by atomic mass is 16.5. The van der Waals surface area contributed by atoms with Gasteiger partial charge < -0.3 is 19.9 Å². The number of ether oxygens (including phenoxy) is 1. The molecule has 1 atom stereocenters. The Balaban J connectivity index is 0.000000948. The van der Waals surface area contributed by atoms with E-state index in [1.165, 1.54) is 0 Å². The van der Waals surface area contributed by atoms with Crippen LogP contribution in [-0.4, -0.2) is 27.7 Å². The second-order valence-electron chi connectivity index (χ2n) is 6.19. The Bertz CT molecular complexity index is 843. The van der Waals surface area contributed by atoms with Crippen LogP contribution in [0.15, 0.2) is 54.7 Å². The van der Waals surface area contributed by atoms with Gasteiger partial charge in [-0.1, -0.05) is 50.2 Å². The van der Waals surface area contributed by atoms with Gasteiger partial charge in [0.15, 0.2) is 0 Å². The van der Waals surface area contributed by atoms with Gasteiger partial charge in [0.1, 0.15) is 12.4 Å². The Morgan fingerprint density at radius 3 is 2.54 bits per heavy atom. The van der Waals surface area contributed by atoms with Crippen molar-refractivity contribution in [1.29, 1.82) is 0 Å². The number of hydrogen-bond donors (Lipinski definition) is 4. The summed E-state index contributed by atoms with van der Waals surface area (Å²) in [4.78, 5) is 3.21. The molecule has 0 saturated carbocycles. The third-order valence-corrected chi connectivity index (χ3v) is 4.61. The van der Waals surface area contributed by atoms with Crippen molar-refractivity contribution in [2.24, 2.45) is 0 Å². The molecule has 4 N–H and O–H groups in total. The Hall–Kier alpha value is -2.34. The Labute approximate surface area is 153 Å². The summed E-state index contributed by atoms with van der Waals surface area (Å²) in [5.74, 6) is -1.54. The summed E-state index contributed by atoms with van der Waals surface area (Å²) >= 11 is 0. The minimum absolute atomic E-state index is 0.396. The molecule has 0 radical (unpaired) electrons. The molecule has 0 spiro atoms. The fraction of sp³-hybridized carbons (Fsp3) is 0.333. The minimum atomic E-state index is -1.89. The van der Waals surface area contributed by atoms with Gasteiger partial charge in [0.2, 0.25) is 5.91 Å². The molecule has 0 bridgehead atoms. The van der Waals surface area contributed by atoms with Crippen LogP contribution in [0.4, 0.5) is 0 Å². The fourth-order valence-corrected chi connectivity index (χ4v) is 3.40. The SMILES string of the molecule is CC.OC1(O)NCCC1c1c[nH]c2cccc(OCc3ccccc3)c12. The molecule has 5 nitrogen and oxygen atoms in total. The molecule has 1 aliphatic rings. The number of aliphatic hydroxyl groups is 2. The number of rotatable bonds is 4. The molecule has 0 amide bonds. The molecular formula is C21H26N2O3. The van der Waals surface area contributed by atoms with Crippen molar-refractivity contribution < 1.29 is 14.9 Å². The molecule has 1 aliphatic heterocycles. The molecule has 26 heavy (non-hydrogen) atoms. The van der Waals surface area contributed by atoms with Crippen LogP contribution in [0.2, 0.25) is 0 Å². The number of H-pyrrole nitrogens is 1. The highest BCUT2D eigenvalue weighted by Gasteiger charge is 2.41. The normalized spacial score (nSPS) is 18.4. The topological polar surface area (TPSA) is 77.5 Å². The average Bonchev–Trinajstić information content (AvgIpc) is 3.25. The van der Waals surface area contributed by atoms with Crippen LogP contribution < -0.4 is 10.1 Å². The van der Waals surface area contributed by atoms with Crippen LogP contribution in [0.1, 0.15) is 37.3 Å². The third kappa shape index (κ3) is 3.60. The molecule has 4 rings (SSSR count). The molecule has 1 saturated heterocycles.